The normalized spacial score (nSPS) is 21.6. The summed E-state index contributed by atoms with van der Waals surface area (Å²) in [5.74, 6) is -1.02. The Kier molecular flexibility index (Phi) is 3.66. The molecule has 1 aliphatic heterocycles. The minimum absolute atomic E-state index is 0.148. The van der Waals surface area contributed by atoms with E-state index in [1.807, 2.05) is 19.9 Å². The van der Waals surface area contributed by atoms with Gasteiger partial charge in [-0.1, -0.05) is 19.9 Å². The molecule has 1 rings (SSSR count). The van der Waals surface area contributed by atoms with Gasteiger partial charge < -0.3 is 4.74 Å². The van der Waals surface area contributed by atoms with Crippen molar-refractivity contribution < 1.29 is 14.3 Å². The average molecular weight is 210 g/mol. The second-order valence-electron chi connectivity index (χ2n) is 4.11. The lowest BCUT2D eigenvalue weighted by Gasteiger charge is -2.34. The molecule has 0 N–H and O–H groups in total. The fourth-order valence-electron chi connectivity index (χ4n) is 2.40. The van der Waals surface area contributed by atoms with Crippen LogP contribution in [0.3, 0.4) is 0 Å². The van der Waals surface area contributed by atoms with E-state index in [9.17, 15) is 9.59 Å². The number of hydrogen-bond acceptors (Lipinski definition) is 3. The van der Waals surface area contributed by atoms with Gasteiger partial charge in [0.25, 0.3) is 0 Å². The number of rotatable bonds is 5. The van der Waals surface area contributed by atoms with Crippen molar-refractivity contribution in [2.75, 3.05) is 0 Å². The molecule has 0 aromatic rings. The van der Waals surface area contributed by atoms with Crippen molar-refractivity contribution in [1.82, 2.24) is 0 Å². The number of carbonyl (C=O) groups excluding carboxylic acids is 2. The second kappa shape index (κ2) is 4.60. The van der Waals surface area contributed by atoms with Crippen LogP contribution in [0.5, 0.6) is 0 Å². The van der Waals surface area contributed by atoms with Gasteiger partial charge in [0.2, 0.25) is 0 Å². The third-order valence-corrected chi connectivity index (χ3v) is 3.57. The lowest BCUT2D eigenvalue weighted by atomic mass is 9.68. The van der Waals surface area contributed by atoms with E-state index in [2.05, 4.69) is 11.3 Å². The highest BCUT2D eigenvalue weighted by molar-refractivity contribution is 5.95. The van der Waals surface area contributed by atoms with Crippen LogP contribution >= 0.6 is 0 Å². The largest absolute Gasteiger partial charge is 0.393 e. The van der Waals surface area contributed by atoms with E-state index >= 15 is 0 Å². The van der Waals surface area contributed by atoms with E-state index in [0.717, 1.165) is 19.3 Å². The fourth-order valence-corrected chi connectivity index (χ4v) is 2.40. The molecule has 1 unspecified atom stereocenters. The van der Waals surface area contributed by atoms with Crippen molar-refractivity contribution in [3.63, 3.8) is 0 Å². The van der Waals surface area contributed by atoms with Gasteiger partial charge in [-0.25, -0.2) is 0 Å². The van der Waals surface area contributed by atoms with Gasteiger partial charge in [-0.05, 0) is 24.7 Å². The maximum atomic E-state index is 11.5. The topological polar surface area (TPSA) is 43.4 Å². The molecule has 1 saturated heterocycles. The van der Waals surface area contributed by atoms with Gasteiger partial charge in [-0.3, -0.25) is 9.59 Å². The average Bonchev–Trinajstić information content (AvgIpc) is 2.55. The summed E-state index contributed by atoms with van der Waals surface area (Å²) in [7, 11) is 0. The first-order valence-electron chi connectivity index (χ1n) is 5.45. The molecule has 15 heavy (non-hydrogen) atoms. The van der Waals surface area contributed by atoms with E-state index in [4.69, 9.17) is 0 Å². The van der Waals surface area contributed by atoms with Crippen molar-refractivity contribution in [2.24, 2.45) is 11.3 Å². The molecule has 0 bridgehead atoms. The summed E-state index contributed by atoms with van der Waals surface area (Å²) in [6.45, 7) is 7.81. The first kappa shape index (κ1) is 12.0. The minimum Gasteiger partial charge on any atom is -0.393 e. The molecule has 0 aliphatic carbocycles. The Hall–Kier alpha value is -1.12. The third kappa shape index (κ3) is 2.11. The number of cyclic esters (lactones) is 2. The molecule has 0 saturated carbocycles. The molecular weight excluding hydrogens is 192 g/mol. The van der Waals surface area contributed by atoms with Crippen molar-refractivity contribution in [3.8, 4) is 0 Å². The lowest BCUT2D eigenvalue weighted by Crippen LogP contribution is -2.32. The standard InChI is InChI=1S/C12H18O3/c1-4-7-12(5-2,6-3)9-8-10(13)15-11(9)14/h4,9H,1,5-8H2,2-3H3. The predicted molar refractivity (Wildman–Crippen MR) is 57.0 cm³/mol. The Bertz CT molecular complexity index is 277. The zero-order valence-electron chi connectivity index (χ0n) is 9.41. The highest BCUT2D eigenvalue weighted by Gasteiger charge is 2.46. The second-order valence-corrected chi connectivity index (χ2v) is 4.11. The lowest BCUT2D eigenvalue weighted by molar-refractivity contribution is -0.154. The van der Waals surface area contributed by atoms with Crippen molar-refractivity contribution in [2.45, 2.75) is 39.5 Å². The van der Waals surface area contributed by atoms with Crippen LogP contribution < -0.4 is 0 Å². The Labute approximate surface area is 90.5 Å². The van der Waals surface area contributed by atoms with Gasteiger partial charge in [0, 0.05) is 0 Å². The number of ether oxygens (including phenoxy) is 1. The first-order chi connectivity index (χ1) is 7.09. The number of hydrogen-bond donors (Lipinski definition) is 0. The smallest absolute Gasteiger partial charge is 0.317 e. The van der Waals surface area contributed by atoms with E-state index < -0.39 is 0 Å². The summed E-state index contributed by atoms with van der Waals surface area (Å²) >= 11 is 0. The molecule has 1 fully saturated rings. The Morgan fingerprint density at radius 3 is 2.40 bits per heavy atom. The molecule has 3 heteroatoms. The van der Waals surface area contributed by atoms with E-state index in [0.29, 0.717) is 0 Å². The van der Waals surface area contributed by atoms with E-state index in [1.165, 1.54) is 0 Å². The highest BCUT2D eigenvalue weighted by Crippen LogP contribution is 2.44. The van der Waals surface area contributed by atoms with Crippen molar-refractivity contribution >= 4 is 11.9 Å². The molecule has 0 amide bonds. The van der Waals surface area contributed by atoms with Crippen LogP contribution in [-0.2, 0) is 14.3 Å². The van der Waals surface area contributed by atoms with E-state index in [1.54, 1.807) is 0 Å². The van der Waals surface area contributed by atoms with Crippen LogP contribution in [0.1, 0.15) is 39.5 Å². The highest BCUT2D eigenvalue weighted by atomic mass is 16.6. The molecule has 3 nitrogen and oxygen atoms in total. The number of carbonyl (C=O) groups is 2. The van der Waals surface area contributed by atoms with Gasteiger partial charge >= 0.3 is 11.9 Å². The number of esters is 2. The fraction of sp³-hybridized carbons (Fsp3) is 0.667. The predicted octanol–water partition coefficient (Wildman–Crippen LogP) is 2.46. The van der Waals surface area contributed by atoms with Crippen LogP contribution in [0.25, 0.3) is 0 Å². The zero-order valence-corrected chi connectivity index (χ0v) is 9.41. The quantitative estimate of drug-likeness (QED) is 0.397. The van der Waals surface area contributed by atoms with Gasteiger partial charge in [0.05, 0.1) is 12.3 Å². The van der Waals surface area contributed by atoms with Gasteiger partial charge in [0.15, 0.2) is 0 Å². The van der Waals surface area contributed by atoms with Gasteiger partial charge in [0.1, 0.15) is 0 Å². The molecular formula is C12H18O3. The summed E-state index contributed by atoms with van der Waals surface area (Å²) in [4.78, 5) is 22.6. The number of allylic oxidation sites excluding steroid dienone is 1. The van der Waals surface area contributed by atoms with Crippen LogP contribution in [-0.4, -0.2) is 11.9 Å². The Morgan fingerprint density at radius 2 is 2.07 bits per heavy atom. The monoisotopic (exact) mass is 210 g/mol. The molecule has 1 atom stereocenters. The first-order valence-corrected chi connectivity index (χ1v) is 5.45. The maximum Gasteiger partial charge on any atom is 0.317 e. The van der Waals surface area contributed by atoms with Gasteiger partial charge in [-0.2, -0.15) is 0 Å². The Morgan fingerprint density at radius 1 is 1.47 bits per heavy atom. The molecule has 0 radical (unpaired) electrons. The summed E-state index contributed by atoms with van der Waals surface area (Å²) in [6, 6.07) is 0. The van der Waals surface area contributed by atoms with Crippen LogP contribution in [0.15, 0.2) is 12.7 Å². The minimum atomic E-state index is -0.389. The van der Waals surface area contributed by atoms with Crippen molar-refractivity contribution in [1.29, 1.82) is 0 Å². The molecule has 84 valence electrons. The molecule has 1 aliphatic rings. The zero-order chi connectivity index (χ0) is 11.5. The SMILES string of the molecule is C=CCC(CC)(CC)C1CC(=O)OC1=O. The molecule has 0 aromatic heterocycles. The summed E-state index contributed by atoms with van der Waals surface area (Å²) in [6.07, 6.45) is 4.54. The van der Waals surface area contributed by atoms with Crippen molar-refractivity contribution in [3.05, 3.63) is 12.7 Å². The molecule has 0 aromatic carbocycles. The van der Waals surface area contributed by atoms with Gasteiger partial charge in [-0.15, -0.1) is 6.58 Å². The molecule has 1 heterocycles. The van der Waals surface area contributed by atoms with Crippen LogP contribution in [0.4, 0.5) is 0 Å². The van der Waals surface area contributed by atoms with Crippen LogP contribution in [0.2, 0.25) is 0 Å². The third-order valence-electron chi connectivity index (χ3n) is 3.57. The summed E-state index contributed by atoms with van der Waals surface area (Å²) < 4.78 is 4.62. The van der Waals surface area contributed by atoms with Crippen LogP contribution in [0, 0.1) is 11.3 Å². The Balaban J connectivity index is 2.92. The summed E-state index contributed by atoms with van der Waals surface area (Å²) in [5.41, 5.74) is -0.148. The molecule has 0 spiro atoms. The van der Waals surface area contributed by atoms with E-state index in [-0.39, 0.29) is 29.7 Å². The maximum absolute atomic E-state index is 11.5. The summed E-state index contributed by atoms with van der Waals surface area (Å²) in [5, 5.41) is 0.